The van der Waals surface area contributed by atoms with Crippen LogP contribution in [0.2, 0.25) is 0 Å². The van der Waals surface area contributed by atoms with Crippen molar-refractivity contribution in [3.05, 3.63) is 33.4 Å². The molecule has 0 aliphatic rings. The van der Waals surface area contributed by atoms with Crippen LogP contribution in [0.5, 0.6) is 11.5 Å². The smallest absolute Gasteiger partial charge is 0.333 e. The average molecular weight is 390 g/mol. The zero-order chi connectivity index (χ0) is 15.3. The monoisotopic (exact) mass is 390 g/mol. The van der Waals surface area contributed by atoms with Crippen LogP contribution in [-0.4, -0.2) is 19.0 Å². The normalized spacial score (nSPS) is 9.80. The molecule has 0 heterocycles. The van der Waals surface area contributed by atoms with Gasteiger partial charge in [0.25, 0.3) is 0 Å². The van der Waals surface area contributed by atoms with Crippen LogP contribution in [0.25, 0.3) is 0 Å². The minimum absolute atomic E-state index is 0.0956. The maximum absolute atomic E-state index is 11.3. The second kappa shape index (κ2) is 7.28. The molecule has 0 aliphatic carbocycles. The molecule has 0 fully saturated rings. The van der Waals surface area contributed by atoms with E-state index in [1.165, 1.54) is 14.0 Å². The highest BCUT2D eigenvalue weighted by Crippen LogP contribution is 2.34. The van der Waals surface area contributed by atoms with Crippen LogP contribution in [0.3, 0.4) is 0 Å². The summed E-state index contributed by atoms with van der Waals surface area (Å²) in [5.74, 6) is -0.116. The molecule has 108 valence electrons. The highest BCUT2D eigenvalue weighted by molar-refractivity contribution is 14.1. The standard InChI is InChI=1S/C14H15IO5/c1-8(2)14(17)19-7-10-5-11(15)13(20-9(3)16)12(6-10)18-4/h5-6H,1,7H2,2-4H3. The molecule has 6 heteroatoms. The summed E-state index contributed by atoms with van der Waals surface area (Å²) in [5, 5.41) is 0. The molecule has 0 unspecified atom stereocenters. The number of benzene rings is 1. The van der Waals surface area contributed by atoms with E-state index in [9.17, 15) is 9.59 Å². The van der Waals surface area contributed by atoms with Crippen molar-refractivity contribution >= 4 is 34.5 Å². The minimum atomic E-state index is -0.456. The first kappa shape index (κ1) is 16.5. The average Bonchev–Trinajstić information content (AvgIpc) is 2.37. The van der Waals surface area contributed by atoms with Crippen molar-refractivity contribution in [3.63, 3.8) is 0 Å². The van der Waals surface area contributed by atoms with Crippen molar-refractivity contribution in [1.29, 1.82) is 0 Å². The van der Waals surface area contributed by atoms with E-state index in [0.29, 0.717) is 20.6 Å². The summed E-state index contributed by atoms with van der Waals surface area (Å²) in [5.41, 5.74) is 1.07. The van der Waals surface area contributed by atoms with E-state index in [0.717, 1.165) is 5.56 Å². The molecule has 0 saturated heterocycles. The van der Waals surface area contributed by atoms with E-state index in [1.54, 1.807) is 19.1 Å². The van der Waals surface area contributed by atoms with Gasteiger partial charge in [-0.25, -0.2) is 4.79 Å². The lowest BCUT2D eigenvalue weighted by Crippen LogP contribution is -2.07. The molecule has 1 aromatic carbocycles. The number of carbonyl (C=O) groups is 2. The van der Waals surface area contributed by atoms with Crippen molar-refractivity contribution in [2.75, 3.05) is 7.11 Å². The maximum Gasteiger partial charge on any atom is 0.333 e. The van der Waals surface area contributed by atoms with E-state index in [4.69, 9.17) is 14.2 Å². The van der Waals surface area contributed by atoms with Crippen LogP contribution < -0.4 is 9.47 Å². The van der Waals surface area contributed by atoms with Crippen molar-refractivity contribution in [2.24, 2.45) is 0 Å². The molecule has 20 heavy (non-hydrogen) atoms. The van der Waals surface area contributed by atoms with Crippen LogP contribution in [0, 0.1) is 3.57 Å². The quantitative estimate of drug-likeness (QED) is 0.335. The van der Waals surface area contributed by atoms with Gasteiger partial charge in [0.2, 0.25) is 0 Å². The second-order valence-corrected chi connectivity index (χ2v) is 5.22. The van der Waals surface area contributed by atoms with Crippen LogP contribution >= 0.6 is 22.6 Å². The van der Waals surface area contributed by atoms with Crippen LogP contribution in [0.15, 0.2) is 24.3 Å². The number of hydrogen-bond donors (Lipinski definition) is 0. The van der Waals surface area contributed by atoms with E-state index < -0.39 is 11.9 Å². The Labute approximate surface area is 131 Å². The van der Waals surface area contributed by atoms with Crippen molar-refractivity contribution in [1.82, 2.24) is 0 Å². The summed E-state index contributed by atoms with van der Waals surface area (Å²) in [6.07, 6.45) is 0. The van der Waals surface area contributed by atoms with E-state index in [-0.39, 0.29) is 6.61 Å². The third-order valence-corrected chi connectivity index (χ3v) is 3.05. The van der Waals surface area contributed by atoms with E-state index in [2.05, 4.69) is 6.58 Å². The molecule has 1 rings (SSSR count). The minimum Gasteiger partial charge on any atom is -0.493 e. The number of ether oxygens (including phenoxy) is 3. The van der Waals surface area contributed by atoms with Gasteiger partial charge in [0.1, 0.15) is 6.61 Å². The largest absolute Gasteiger partial charge is 0.493 e. The second-order valence-electron chi connectivity index (χ2n) is 4.06. The Hall–Kier alpha value is -1.57. The highest BCUT2D eigenvalue weighted by Gasteiger charge is 2.14. The predicted molar refractivity (Wildman–Crippen MR) is 81.6 cm³/mol. The number of hydrogen-bond acceptors (Lipinski definition) is 5. The van der Waals surface area contributed by atoms with Gasteiger partial charge in [0.05, 0.1) is 10.7 Å². The fourth-order valence-corrected chi connectivity index (χ4v) is 2.15. The van der Waals surface area contributed by atoms with Gasteiger partial charge in [-0.3, -0.25) is 4.79 Å². The number of rotatable bonds is 5. The lowest BCUT2D eigenvalue weighted by molar-refractivity contribution is -0.140. The van der Waals surface area contributed by atoms with Crippen LogP contribution in [-0.2, 0) is 20.9 Å². The fraction of sp³-hybridized carbons (Fsp3) is 0.286. The van der Waals surface area contributed by atoms with Gasteiger partial charge in [-0.15, -0.1) is 0 Å². The Balaban J connectivity index is 2.95. The summed E-state index contributed by atoms with van der Waals surface area (Å²) in [6.45, 7) is 6.50. The van der Waals surface area contributed by atoms with Gasteiger partial charge in [0.15, 0.2) is 11.5 Å². The van der Waals surface area contributed by atoms with Crippen molar-refractivity contribution < 1.29 is 23.8 Å². The van der Waals surface area contributed by atoms with Crippen LogP contribution in [0.4, 0.5) is 0 Å². The number of methoxy groups -OCH3 is 1. The molecule has 1 aromatic rings. The fourth-order valence-electron chi connectivity index (χ4n) is 1.37. The molecule has 0 amide bonds. The first-order chi connectivity index (χ1) is 9.35. The molecule has 0 saturated carbocycles. The van der Waals surface area contributed by atoms with Gasteiger partial charge >= 0.3 is 11.9 Å². The third kappa shape index (κ3) is 4.52. The number of halogens is 1. The molecule has 0 aliphatic heterocycles. The first-order valence-electron chi connectivity index (χ1n) is 5.72. The first-order valence-corrected chi connectivity index (χ1v) is 6.80. The van der Waals surface area contributed by atoms with Crippen molar-refractivity contribution in [3.8, 4) is 11.5 Å². The maximum atomic E-state index is 11.3. The molecule has 5 nitrogen and oxygen atoms in total. The molecule has 0 spiro atoms. The summed E-state index contributed by atoms with van der Waals surface area (Å²) < 4.78 is 16.0. The highest BCUT2D eigenvalue weighted by atomic mass is 127. The molecule has 0 N–H and O–H groups in total. The van der Waals surface area contributed by atoms with Crippen LogP contribution in [0.1, 0.15) is 19.4 Å². The molecule has 0 radical (unpaired) electrons. The Bertz CT molecular complexity index is 551. The molecular weight excluding hydrogens is 375 g/mol. The number of carbonyl (C=O) groups excluding carboxylic acids is 2. The van der Waals surface area contributed by atoms with Gasteiger partial charge in [-0.1, -0.05) is 6.58 Å². The van der Waals surface area contributed by atoms with Gasteiger partial charge in [0, 0.05) is 12.5 Å². The summed E-state index contributed by atoms with van der Waals surface area (Å²) in [6, 6.07) is 3.42. The van der Waals surface area contributed by atoms with Crippen molar-refractivity contribution in [2.45, 2.75) is 20.5 Å². The summed E-state index contributed by atoms with van der Waals surface area (Å²) in [7, 11) is 1.47. The molecule has 0 aromatic heterocycles. The molecule has 0 bridgehead atoms. The van der Waals surface area contributed by atoms with Gasteiger partial charge in [-0.05, 0) is 47.2 Å². The Kier molecular flexibility index (Phi) is 6.00. The summed E-state index contributed by atoms with van der Waals surface area (Å²) >= 11 is 2.02. The predicted octanol–water partition coefficient (Wildman–Crippen LogP) is 2.84. The Morgan fingerprint density at radius 2 is 1.95 bits per heavy atom. The zero-order valence-corrected chi connectivity index (χ0v) is 13.6. The Morgan fingerprint density at radius 1 is 1.30 bits per heavy atom. The SMILES string of the molecule is C=C(C)C(=O)OCc1cc(I)c(OC(C)=O)c(OC)c1. The Morgan fingerprint density at radius 3 is 2.45 bits per heavy atom. The van der Waals surface area contributed by atoms with Gasteiger partial charge < -0.3 is 14.2 Å². The van der Waals surface area contributed by atoms with E-state index >= 15 is 0 Å². The lowest BCUT2D eigenvalue weighted by Gasteiger charge is -2.12. The van der Waals surface area contributed by atoms with E-state index in [1.807, 2.05) is 22.6 Å². The molecular formula is C14H15IO5. The lowest BCUT2D eigenvalue weighted by atomic mass is 10.2. The summed E-state index contributed by atoms with van der Waals surface area (Å²) in [4.78, 5) is 22.4. The zero-order valence-electron chi connectivity index (χ0n) is 11.5. The topological polar surface area (TPSA) is 61.8 Å². The number of esters is 2. The third-order valence-electron chi connectivity index (χ3n) is 2.25. The van der Waals surface area contributed by atoms with Gasteiger partial charge in [-0.2, -0.15) is 0 Å². The molecule has 0 atom stereocenters.